The SMILES string of the molecule is CC(C)(C)OC[C@H](NC(=O)CNC(=O)CN)C(=O)NCC(=O)N[C@@H](COC(C)(C)C)C(=O)NCC(=O)N[C@@H](CCC(=O)O)C(=O)OC(C)(C)C. The highest BCUT2D eigenvalue weighted by atomic mass is 16.6. The van der Waals surface area contributed by atoms with Crippen molar-refractivity contribution < 1.29 is 57.7 Å². The molecule has 0 radical (unpaired) electrons. The predicted octanol–water partition coefficient (Wildman–Crippen LogP) is -2.42. The van der Waals surface area contributed by atoms with Gasteiger partial charge in [-0.1, -0.05) is 0 Å². The Morgan fingerprint density at radius 3 is 1.30 bits per heavy atom. The van der Waals surface area contributed by atoms with Crippen molar-refractivity contribution in [2.24, 2.45) is 5.73 Å². The van der Waals surface area contributed by atoms with Crippen LogP contribution in [-0.4, -0.2) is 127 Å². The van der Waals surface area contributed by atoms with Crippen molar-refractivity contribution in [1.29, 1.82) is 0 Å². The molecule has 0 spiro atoms. The lowest BCUT2D eigenvalue weighted by Gasteiger charge is -2.26. The van der Waals surface area contributed by atoms with Crippen LogP contribution >= 0.6 is 0 Å². The Labute approximate surface area is 292 Å². The summed E-state index contributed by atoms with van der Waals surface area (Å²) >= 11 is 0. The molecular weight excluding hydrogens is 662 g/mol. The largest absolute Gasteiger partial charge is 0.481 e. The van der Waals surface area contributed by atoms with E-state index in [1.165, 1.54) is 0 Å². The average molecular weight is 718 g/mol. The lowest BCUT2D eigenvalue weighted by Crippen LogP contribution is -2.56. The molecule has 0 bridgehead atoms. The molecule has 50 heavy (non-hydrogen) atoms. The van der Waals surface area contributed by atoms with Crippen LogP contribution in [0.3, 0.4) is 0 Å². The summed E-state index contributed by atoms with van der Waals surface area (Å²) in [4.78, 5) is 98.8. The molecule has 0 aromatic heterocycles. The van der Waals surface area contributed by atoms with Crippen molar-refractivity contribution in [2.75, 3.05) is 39.4 Å². The number of nitrogens with two attached hydrogens (primary N) is 1. The summed E-state index contributed by atoms with van der Waals surface area (Å²) in [6.45, 7) is 12.4. The molecule has 0 aromatic rings. The Morgan fingerprint density at radius 2 is 0.960 bits per heavy atom. The third-order valence-corrected chi connectivity index (χ3v) is 5.82. The molecule has 0 rings (SSSR count). The number of nitrogens with one attached hydrogen (secondary N) is 6. The summed E-state index contributed by atoms with van der Waals surface area (Å²) in [7, 11) is 0. The zero-order valence-electron chi connectivity index (χ0n) is 30.4. The first-order chi connectivity index (χ1) is 22.8. The minimum Gasteiger partial charge on any atom is -0.481 e. The number of amides is 6. The van der Waals surface area contributed by atoms with Gasteiger partial charge in [0, 0.05) is 6.42 Å². The van der Waals surface area contributed by atoms with Gasteiger partial charge in [0.1, 0.15) is 23.7 Å². The van der Waals surface area contributed by atoms with Gasteiger partial charge in [0.25, 0.3) is 0 Å². The Balaban J connectivity index is 5.52. The van der Waals surface area contributed by atoms with E-state index in [1.807, 2.05) is 0 Å². The first-order valence-corrected chi connectivity index (χ1v) is 15.9. The second-order valence-corrected chi connectivity index (χ2v) is 14.1. The van der Waals surface area contributed by atoms with E-state index in [9.17, 15) is 38.4 Å². The number of ether oxygens (including phenoxy) is 3. The van der Waals surface area contributed by atoms with E-state index >= 15 is 0 Å². The summed E-state index contributed by atoms with van der Waals surface area (Å²) in [5, 5.41) is 23.2. The minimum absolute atomic E-state index is 0.258. The molecule has 19 heteroatoms. The van der Waals surface area contributed by atoms with Gasteiger partial charge in [-0.15, -0.1) is 0 Å². The van der Waals surface area contributed by atoms with E-state index in [1.54, 1.807) is 62.3 Å². The third kappa shape index (κ3) is 23.1. The number of carbonyl (C=O) groups excluding carboxylic acids is 7. The summed E-state index contributed by atoms with van der Waals surface area (Å²) < 4.78 is 16.5. The molecule has 3 atom stereocenters. The van der Waals surface area contributed by atoms with Gasteiger partial charge < -0.3 is 57.0 Å². The fourth-order valence-electron chi connectivity index (χ4n) is 3.49. The van der Waals surface area contributed by atoms with Gasteiger partial charge in [0.05, 0.1) is 50.6 Å². The molecule has 0 saturated carbocycles. The quantitative estimate of drug-likeness (QED) is 0.0610. The summed E-state index contributed by atoms with van der Waals surface area (Å²) in [6.07, 6.45) is -0.694. The van der Waals surface area contributed by atoms with Crippen molar-refractivity contribution in [3.05, 3.63) is 0 Å². The maximum atomic E-state index is 13.1. The van der Waals surface area contributed by atoms with Crippen molar-refractivity contribution in [3.8, 4) is 0 Å². The van der Waals surface area contributed by atoms with Gasteiger partial charge in [-0.25, -0.2) is 4.79 Å². The molecule has 286 valence electrons. The van der Waals surface area contributed by atoms with Crippen LogP contribution in [0.1, 0.15) is 75.2 Å². The topological polar surface area (TPSA) is 283 Å². The van der Waals surface area contributed by atoms with Crippen LogP contribution in [0.4, 0.5) is 0 Å². The third-order valence-electron chi connectivity index (χ3n) is 5.82. The zero-order valence-corrected chi connectivity index (χ0v) is 30.4. The zero-order chi connectivity index (χ0) is 38.9. The molecule has 0 aliphatic carbocycles. The molecule has 0 saturated heterocycles. The molecular formula is C31H55N7O12. The van der Waals surface area contributed by atoms with Gasteiger partial charge in [-0.2, -0.15) is 0 Å². The fourth-order valence-corrected chi connectivity index (χ4v) is 3.49. The van der Waals surface area contributed by atoms with E-state index in [2.05, 4.69) is 31.9 Å². The van der Waals surface area contributed by atoms with Crippen LogP contribution in [0.15, 0.2) is 0 Å². The maximum Gasteiger partial charge on any atom is 0.329 e. The minimum atomic E-state index is -1.34. The second kappa shape index (κ2) is 21.0. The second-order valence-electron chi connectivity index (χ2n) is 14.1. The van der Waals surface area contributed by atoms with Crippen LogP contribution < -0.4 is 37.6 Å². The summed E-state index contributed by atoms with van der Waals surface area (Å²) in [6, 6.07) is -3.90. The first kappa shape index (κ1) is 45.6. The molecule has 0 heterocycles. The molecule has 0 unspecified atom stereocenters. The summed E-state index contributed by atoms with van der Waals surface area (Å²) in [5.41, 5.74) is 2.88. The van der Waals surface area contributed by atoms with Crippen LogP contribution in [0.2, 0.25) is 0 Å². The van der Waals surface area contributed by atoms with E-state index in [-0.39, 0.29) is 26.2 Å². The van der Waals surface area contributed by atoms with Crippen molar-refractivity contribution in [1.82, 2.24) is 31.9 Å². The molecule has 0 aromatic carbocycles. The van der Waals surface area contributed by atoms with Crippen LogP contribution in [0.25, 0.3) is 0 Å². The molecule has 6 amide bonds. The van der Waals surface area contributed by atoms with Crippen molar-refractivity contribution in [2.45, 2.75) is 110 Å². The fraction of sp³-hybridized carbons (Fsp3) is 0.742. The van der Waals surface area contributed by atoms with Crippen LogP contribution in [-0.2, 0) is 52.6 Å². The Hall–Kier alpha value is -4.36. The van der Waals surface area contributed by atoms with E-state index in [0.717, 1.165) is 0 Å². The number of carboxylic acid groups (broad SMARTS) is 1. The lowest BCUT2D eigenvalue weighted by atomic mass is 10.1. The maximum absolute atomic E-state index is 13.1. The Morgan fingerprint density at radius 1 is 0.580 bits per heavy atom. The Bertz CT molecular complexity index is 1210. The van der Waals surface area contributed by atoms with Gasteiger partial charge in [0.15, 0.2) is 0 Å². The molecule has 0 fully saturated rings. The number of aliphatic carboxylic acids is 1. The normalized spacial score (nSPS) is 13.5. The smallest absolute Gasteiger partial charge is 0.329 e. The molecule has 9 N–H and O–H groups in total. The number of hydrogen-bond donors (Lipinski definition) is 8. The number of rotatable bonds is 20. The Kier molecular flexibility index (Phi) is 19.2. The predicted molar refractivity (Wildman–Crippen MR) is 178 cm³/mol. The number of carbonyl (C=O) groups is 8. The first-order valence-electron chi connectivity index (χ1n) is 15.9. The monoisotopic (exact) mass is 717 g/mol. The van der Waals surface area contributed by atoms with Crippen LogP contribution in [0, 0.1) is 0 Å². The highest BCUT2D eigenvalue weighted by Gasteiger charge is 2.29. The number of esters is 1. The lowest BCUT2D eigenvalue weighted by molar-refractivity contribution is -0.159. The molecule has 0 aliphatic rings. The van der Waals surface area contributed by atoms with Crippen LogP contribution in [0.5, 0.6) is 0 Å². The van der Waals surface area contributed by atoms with Crippen molar-refractivity contribution in [3.63, 3.8) is 0 Å². The van der Waals surface area contributed by atoms with Crippen molar-refractivity contribution >= 4 is 47.4 Å². The van der Waals surface area contributed by atoms with Gasteiger partial charge in [-0.05, 0) is 68.7 Å². The number of hydrogen-bond acceptors (Lipinski definition) is 12. The van der Waals surface area contributed by atoms with Gasteiger partial charge >= 0.3 is 11.9 Å². The molecule has 19 nitrogen and oxygen atoms in total. The highest BCUT2D eigenvalue weighted by molar-refractivity contribution is 5.94. The summed E-state index contributed by atoms with van der Waals surface area (Å²) in [5.74, 6) is -6.64. The highest BCUT2D eigenvalue weighted by Crippen LogP contribution is 2.11. The van der Waals surface area contributed by atoms with E-state index in [4.69, 9.17) is 25.1 Å². The number of carboxylic acids is 1. The van der Waals surface area contributed by atoms with E-state index < -0.39 is 108 Å². The van der Waals surface area contributed by atoms with E-state index in [0.29, 0.717) is 0 Å². The molecule has 0 aliphatic heterocycles. The average Bonchev–Trinajstić information content (AvgIpc) is 2.97. The standard InChI is InChI=1S/C31H55N7O12/c1-29(2,3)48-16-19(37-22(40)13-33-21(39)12-32)26(45)35-15-24(42)38-20(17-49-30(4,5)6)27(46)34-14-23(41)36-18(10-11-25(43)44)28(47)50-31(7,8)9/h18-20H,10-17,32H2,1-9H3,(H,33,39)(H,34,46)(H,35,45)(H,36,41)(H,37,40)(H,38,42)(H,43,44)/t18-,19-,20-/m0/s1. The van der Waals surface area contributed by atoms with Gasteiger partial charge in [-0.3, -0.25) is 33.6 Å². The van der Waals surface area contributed by atoms with Gasteiger partial charge in [0.2, 0.25) is 35.4 Å².